The zero-order chi connectivity index (χ0) is 24.1. The first-order valence-corrected chi connectivity index (χ1v) is 11.1. The van der Waals surface area contributed by atoms with Crippen molar-refractivity contribution in [3.05, 3.63) is 30.7 Å². The van der Waals surface area contributed by atoms with E-state index in [9.17, 15) is 9.59 Å². The third-order valence-corrected chi connectivity index (χ3v) is 5.89. The Balaban J connectivity index is 1.63. The van der Waals surface area contributed by atoms with Crippen LogP contribution < -0.4 is 14.4 Å². The van der Waals surface area contributed by atoms with Crippen LogP contribution in [0.1, 0.15) is 19.3 Å². The highest BCUT2D eigenvalue weighted by molar-refractivity contribution is 5.82. The predicted molar refractivity (Wildman–Crippen MR) is 124 cm³/mol. The van der Waals surface area contributed by atoms with Gasteiger partial charge in [0.25, 0.3) is 5.78 Å². The normalized spacial score (nSPS) is 14.1. The first kappa shape index (κ1) is 23.3. The first-order valence-electron chi connectivity index (χ1n) is 11.1. The number of anilines is 1. The minimum absolute atomic E-state index is 0.0482. The second-order valence-corrected chi connectivity index (χ2v) is 7.83. The fourth-order valence-electron chi connectivity index (χ4n) is 4.13. The van der Waals surface area contributed by atoms with Crippen molar-refractivity contribution in [3.63, 3.8) is 0 Å². The number of amides is 1. The van der Waals surface area contributed by atoms with Gasteiger partial charge in [-0.05, 0) is 24.1 Å². The van der Waals surface area contributed by atoms with Crippen LogP contribution in [0.5, 0.6) is 11.5 Å². The maximum absolute atomic E-state index is 12.6. The van der Waals surface area contributed by atoms with Gasteiger partial charge in [-0.3, -0.25) is 9.59 Å². The van der Waals surface area contributed by atoms with Gasteiger partial charge in [0.15, 0.2) is 11.5 Å². The highest BCUT2D eigenvalue weighted by Crippen LogP contribution is 2.36. The molecule has 0 saturated carbocycles. The van der Waals surface area contributed by atoms with E-state index >= 15 is 0 Å². The summed E-state index contributed by atoms with van der Waals surface area (Å²) in [7, 11) is 4.52. The topological polar surface area (TPSA) is 111 Å². The molecule has 1 fully saturated rings. The van der Waals surface area contributed by atoms with Crippen molar-refractivity contribution < 1.29 is 23.8 Å². The largest absolute Gasteiger partial charge is 0.493 e. The number of aromatic nitrogens is 4. The van der Waals surface area contributed by atoms with Gasteiger partial charge in [0.1, 0.15) is 12.1 Å². The summed E-state index contributed by atoms with van der Waals surface area (Å²) in [6.07, 6.45) is 4.26. The monoisotopic (exact) mass is 468 g/mol. The molecule has 0 atom stereocenters. The maximum Gasteiger partial charge on any atom is 0.306 e. The van der Waals surface area contributed by atoms with Crippen molar-refractivity contribution in [2.75, 3.05) is 52.4 Å². The molecule has 0 radical (unpaired) electrons. The number of carbonyl (C=O) groups is 2. The predicted octanol–water partition coefficient (Wildman–Crippen LogP) is 1.80. The van der Waals surface area contributed by atoms with Crippen LogP contribution in [0.4, 0.5) is 5.82 Å². The van der Waals surface area contributed by atoms with E-state index in [2.05, 4.69) is 24.7 Å². The molecule has 1 amide bonds. The molecule has 0 N–H and O–H groups in total. The molecule has 1 aliphatic rings. The average molecular weight is 469 g/mol. The number of methoxy groups -OCH3 is 3. The van der Waals surface area contributed by atoms with Gasteiger partial charge in [0.05, 0.1) is 27.8 Å². The van der Waals surface area contributed by atoms with Gasteiger partial charge in [-0.2, -0.15) is 14.6 Å². The zero-order valence-electron chi connectivity index (χ0n) is 19.6. The number of benzene rings is 1. The number of ether oxygens (including phenoxy) is 3. The molecule has 4 rings (SSSR count). The third-order valence-electron chi connectivity index (χ3n) is 5.89. The van der Waals surface area contributed by atoms with Gasteiger partial charge in [-0.1, -0.05) is 6.07 Å². The smallest absolute Gasteiger partial charge is 0.306 e. The van der Waals surface area contributed by atoms with Crippen LogP contribution >= 0.6 is 0 Å². The van der Waals surface area contributed by atoms with Crippen LogP contribution in [0.3, 0.4) is 0 Å². The maximum atomic E-state index is 12.6. The molecule has 180 valence electrons. The molecule has 2 aromatic heterocycles. The van der Waals surface area contributed by atoms with Crippen LogP contribution in [0.15, 0.2) is 30.7 Å². The van der Waals surface area contributed by atoms with Crippen LogP contribution in [0.2, 0.25) is 0 Å². The van der Waals surface area contributed by atoms with E-state index in [0.717, 1.165) is 29.9 Å². The summed E-state index contributed by atoms with van der Waals surface area (Å²) in [5.41, 5.74) is 1.76. The minimum atomic E-state index is -0.380. The van der Waals surface area contributed by atoms with E-state index in [1.54, 1.807) is 29.8 Å². The molecule has 0 aliphatic carbocycles. The van der Waals surface area contributed by atoms with Crippen molar-refractivity contribution in [2.45, 2.75) is 19.3 Å². The highest BCUT2D eigenvalue weighted by Gasteiger charge is 2.24. The number of hydrogen-bond donors (Lipinski definition) is 0. The Hall–Kier alpha value is -3.89. The van der Waals surface area contributed by atoms with Gasteiger partial charge in [0, 0.05) is 44.4 Å². The quantitative estimate of drug-likeness (QED) is 0.479. The molecule has 1 aliphatic heterocycles. The summed E-state index contributed by atoms with van der Waals surface area (Å²) in [6, 6.07) is 5.71. The summed E-state index contributed by atoms with van der Waals surface area (Å²) in [5, 5.41) is 4.41. The molecule has 11 heteroatoms. The Kier molecular flexibility index (Phi) is 7.09. The lowest BCUT2D eigenvalue weighted by Crippen LogP contribution is -2.36. The van der Waals surface area contributed by atoms with E-state index in [0.29, 0.717) is 36.9 Å². The van der Waals surface area contributed by atoms with Gasteiger partial charge in [-0.15, -0.1) is 0 Å². The van der Waals surface area contributed by atoms with Crippen molar-refractivity contribution in [2.24, 2.45) is 0 Å². The molecular weight excluding hydrogens is 440 g/mol. The first-order chi connectivity index (χ1) is 16.5. The summed E-state index contributed by atoms with van der Waals surface area (Å²) in [5.74, 6) is 2.16. The van der Waals surface area contributed by atoms with Gasteiger partial charge in [0.2, 0.25) is 5.91 Å². The molecule has 3 heterocycles. The molecule has 0 spiro atoms. The number of nitrogens with zero attached hydrogens (tertiary/aromatic N) is 6. The van der Waals surface area contributed by atoms with Crippen LogP contribution in [-0.2, 0) is 14.3 Å². The molecule has 11 nitrogen and oxygen atoms in total. The van der Waals surface area contributed by atoms with Crippen LogP contribution in [0, 0.1) is 0 Å². The Labute approximate surface area is 197 Å². The van der Waals surface area contributed by atoms with Gasteiger partial charge >= 0.3 is 5.97 Å². The lowest BCUT2D eigenvalue weighted by atomic mass is 10.1. The highest BCUT2D eigenvalue weighted by atomic mass is 16.5. The summed E-state index contributed by atoms with van der Waals surface area (Å²) in [4.78, 5) is 36.8. The second-order valence-electron chi connectivity index (χ2n) is 7.83. The lowest BCUT2D eigenvalue weighted by molar-refractivity contribution is -0.143. The summed E-state index contributed by atoms with van der Waals surface area (Å²) < 4.78 is 17.2. The summed E-state index contributed by atoms with van der Waals surface area (Å²) in [6.45, 7) is 2.47. The van der Waals surface area contributed by atoms with E-state index in [1.165, 1.54) is 13.4 Å². The molecule has 0 bridgehead atoms. The molecular formula is C23H28N6O5. The fraction of sp³-hybridized carbons (Fsp3) is 0.435. The number of hydrogen-bond acceptors (Lipinski definition) is 9. The SMILES string of the molecule is COC(=O)CCC(=O)N1CCCN(c2c(-c3ccc(OC)c(OC)c3)cnc3ncnn23)CC1. The van der Waals surface area contributed by atoms with Crippen LogP contribution in [-0.4, -0.2) is 83.9 Å². The van der Waals surface area contributed by atoms with E-state index in [4.69, 9.17) is 9.47 Å². The Morgan fingerprint density at radius 3 is 2.56 bits per heavy atom. The average Bonchev–Trinajstić information content (AvgIpc) is 3.22. The third kappa shape index (κ3) is 4.73. The minimum Gasteiger partial charge on any atom is -0.493 e. The number of fused-ring (bicyclic) bond motifs is 1. The zero-order valence-corrected chi connectivity index (χ0v) is 19.6. The summed E-state index contributed by atoms with van der Waals surface area (Å²) >= 11 is 0. The standard InChI is InChI=1S/C23H28N6O5/c1-32-18-6-5-16(13-19(18)33-2)17-14-24-23-25-15-26-29(23)22(17)28-10-4-9-27(11-12-28)20(30)7-8-21(31)34-3/h5-6,13-15H,4,7-12H2,1-3H3. The van der Waals surface area contributed by atoms with Crippen molar-refractivity contribution in [3.8, 4) is 22.6 Å². The fourth-order valence-corrected chi connectivity index (χ4v) is 4.13. The van der Waals surface area contributed by atoms with E-state index < -0.39 is 0 Å². The number of carbonyl (C=O) groups excluding carboxylic acids is 2. The van der Waals surface area contributed by atoms with E-state index in [1.807, 2.05) is 18.2 Å². The Morgan fingerprint density at radius 1 is 0.971 bits per heavy atom. The molecule has 1 aromatic carbocycles. The lowest BCUT2D eigenvalue weighted by Gasteiger charge is -2.26. The van der Waals surface area contributed by atoms with Crippen molar-refractivity contribution in [1.82, 2.24) is 24.5 Å². The van der Waals surface area contributed by atoms with E-state index in [-0.39, 0.29) is 24.7 Å². The number of rotatable bonds is 7. The Bertz CT molecular complexity index is 1180. The van der Waals surface area contributed by atoms with Crippen LogP contribution in [0.25, 0.3) is 16.9 Å². The van der Waals surface area contributed by atoms with Gasteiger partial charge < -0.3 is 24.0 Å². The molecule has 1 saturated heterocycles. The van der Waals surface area contributed by atoms with Crippen molar-refractivity contribution in [1.29, 1.82) is 0 Å². The Morgan fingerprint density at radius 2 is 1.79 bits per heavy atom. The molecule has 0 unspecified atom stereocenters. The molecule has 3 aromatic rings. The van der Waals surface area contributed by atoms with Crippen molar-refractivity contribution >= 4 is 23.5 Å². The van der Waals surface area contributed by atoms with Gasteiger partial charge in [-0.25, -0.2) is 4.98 Å². The molecule has 34 heavy (non-hydrogen) atoms. The second kappa shape index (κ2) is 10.4. The number of esters is 1.